The summed E-state index contributed by atoms with van der Waals surface area (Å²) in [4.78, 5) is 13.1. The number of thiocarbonyl (C=S) groups is 1. The van der Waals surface area contributed by atoms with Crippen molar-refractivity contribution in [2.75, 3.05) is 26.0 Å². The molecule has 0 spiro atoms. The van der Waals surface area contributed by atoms with Crippen LogP contribution >= 0.6 is 12.2 Å². The minimum atomic E-state index is 0.0869. The molecule has 0 atom stereocenters. The van der Waals surface area contributed by atoms with Gasteiger partial charge in [0.1, 0.15) is 0 Å². The van der Waals surface area contributed by atoms with Gasteiger partial charge in [0.05, 0.1) is 6.42 Å². The SMILES string of the molecule is C=CCNC(=S)Nc1ccc(CC(=O)N(C)C)cc1. The third kappa shape index (κ3) is 5.52. The van der Waals surface area contributed by atoms with Crippen molar-refractivity contribution in [2.45, 2.75) is 6.42 Å². The normalized spacial score (nSPS) is 9.58. The van der Waals surface area contributed by atoms with E-state index in [9.17, 15) is 4.79 Å². The van der Waals surface area contributed by atoms with Gasteiger partial charge in [-0.2, -0.15) is 0 Å². The van der Waals surface area contributed by atoms with Crippen LogP contribution < -0.4 is 10.6 Å². The molecule has 102 valence electrons. The number of benzene rings is 1. The maximum atomic E-state index is 11.6. The smallest absolute Gasteiger partial charge is 0.226 e. The van der Waals surface area contributed by atoms with Crippen molar-refractivity contribution in [2.24, 2.45) is 0 Å². The first-order valence-corrected chi connectivity index (χ1v) is 6.38. The summed E-state index contributed by atoms with van der Waals surface area (Å²) in [6.45, 7) is 4.23. The zero-order valence-electron chi connectivity index (χ0n) is 11.3. The molecule has 0 saturated carbocycles. The van der Waals surface area contributed by atoms with E-state index in [0.29, 0.717) is 18.1 Å². The Morgan fingerprint density at radius 1 is 1.37 bits per heavy atom. The highest BCUT2D eigenvalue weighted by atomic mass is 32.1. The molecule has 1 rings (SSSR count). The van der Waals surface area contributed by atoms with E-state index in [4.69, 9.17) is 12.2 Å². The number of carbonyl (C=O) groups excluding carboxylic acids is 1. The minimum absolute atomic E-state index is 0.0869. The zero-order valence-corrected chi connectivity index (χ0v) is 12.1. The van der Waals surface area contributed by atoms with Crippen molar-refractivity contribution in [3.05, 3.63) is 42.5 Å². The second kappa shape index (κ2) is 7.53. The van der Waals surface area contributed by atoms with Gasteiger partial charge in [0, 0.05) is 26.3 Å². The third-order valence-electron chi connectivity index (χ3n) is 2.47. The van der Waals surface area contributed by atoms with Gasteiger partial charge in [-0.15, -0.1) is 6.58 Å². The standard InChI is InChI=1S/C14H19N3OS/c1-4-9-15-14(19)16-12-7-5-11(6-8-12)10-13(18)17(2)3/h4-8H,1,9-10H2,2-3H3,(H2,15,16,19). The van der Waals surface area contributed by atoms with Gasteiger partial charge in [0.25, 0.3) is 0 Å². The van der Waals surface area contributed by atoms with E-state index >= 15 is 0 Å². The summed E-state index contributed by atoms with van der Waals surface area (Å²) in [7, 11) is 3.50. The van der Waals surface area contributed by atoms with Crippen molar-refractivity contribution < 1.29 is 4.79 Å². The van der Waals surface area contributed by atoms with Crippen LogP contribution in [0.1, 0.15) is 5.56 Å². The summed E-state index contributed by atoms with van der Waals surface area (Å²) in [6, 6.07) is 7.64. The monoisotopic (exact) mass is 277 g/mol. The van der Waals surface area contributed by atoms with Gasteiger partial charge in [0.2, 0.25) is 5.91 Å². The second-order valence-corrected chi connectivity index (χ2v) is 4.69. The first kappa shape index (κ1) is 15.2. The number of nitrogens with zero attached hydrogens (tertiary/aromatic N) is 1. The Bertz CT molecular complexity index is 454. The van der Waals surface area contributed by atoms with Crippen LogP contribution in [0.2, 0.25) is 0 Å². The number of carbonyl (C=O) groups is 1. The molecule has 0 unspecified atom stereocenters. The Hall–Kier alpha value is -1.88. The average Bonchev–Trinajstić information content (AvgIpc) is 2.38. The van der Waals surface area contributed by atoms with E-state index in [0.717, 1.165) is 11.3 Å². The lowest BCUT2D eigenvalue weighted by Gasteiger charge is -2.11. The van der Waals surface area contributed by atoms with E-state index in [1.807, 2.05) is 24.3 Å². The Balaban J connectivity index is 2.54. The molecule has 2 N–H and O–H groups in total. The lowest BCUT2D eigenvalue weighted by atomic mass is 10.1. The second-order valence-electron chi connectivity index (χ2n) is 4.29. The first-order chi connectivity index (χ1) is 9.02. The first-order valence-electron chi connectivity index (χ1n) is 5.97. The highest BCUT2D eigenvalue weighted by Crippen LogP contribution is 2.10. The van der Waals surface area contributed by atoms with E-state index in [1.54, 1.807) is 25.1 Å². The summed E-state index contributed by atoms with van der Waals surface area (Å²) in [6.07, 6.45) is 2.15. The molecule has 0 aliphatic heterocycles. The highest BCUT2D eigenvalue weighted by molar-refractivity contribution is 7.80. The molecule has 4 nitrogen and oxygen atoms in total. The Kier molecular flexibility index (Phi) is 6.02. The van der Waals surface area contributed by atoms with Crippen LogP contribution in [0.3, 0.4) is 0 Å². The topological polar surface area (TPSA) is 44.4 Å². The molecule has 19 heavy (non-hydrogen) atoms. The molecule has 0 fully saturated rings. The number of anilines is 1. The largest absolute Gasteiger partial charge is 0.359 e. The highest BCUT2D eigenvalue weighted by Gasteiger charge is 2.05. The fourth-order valence-electron chi connectivity index (χ4n) is 1.38. The van der Waals surface area contributed by atoms with Crippen LogP contribution in [0.15, 0.2) is 36.9 Å². The molecule has 0 radical (unpaired) electrons. The van der Waals surface area contributed by atoms with Crippen molar-refractivity contribution in [3.63, 3.8) is 0 Å². The van der Waals surface area contributed by atoms with Gasteiger partial charge in [-0.3, -0.25) is 4.79 Å². The zero-order chi connectivity index (χ0) is 14.3. The number of likely N-dealkylation sites (N-methyl/N-ethyl adjacent to an activating group) is 1. The summed E-state index contributed by atoms with van der Waals surface area (Å²) < 4.78 is 0. The molecule has 0 bridgehead atoms. The molecule has 0 aliphatic rings. The van der Waals surface area contributed by atoms with Crippen LogP contribution in [-0.2, 0) is 11.2 Å². The Morgan fingerprint density at radius 2 is 2.00 bits per heavy atom. The van der Waals surface area contributed by atoms with Gasteiger partial charge in [-0.1, -0.05) is 18.2 Å². The van der Waals surface area contributed by atoms with Crippen LogP contribution in [0.4, 0.5) is 5.69 Å². The molecule has 5 heteroatoms. The van der Waals surface area contributed by atoms with Gasteiger partial charge >= 0.3 is 0 Å². The minimum Gasteiger partial charge on any atom is -0.359 e. The number of amides is 1. The van der Waals surface area contributed by atoms with Crippen molar-refractivity contribution in [1.82, 2.24) is 10.2 Å². The summed E-state index contributed by atoms with van der Waals surface area (Å²) >= 11 is 5.11. The van der Waals surface area contributed by atoms with Gasteiger partial charge in [-0.25, -0.2) is 0 Å². The average molecular weight is 277 g/mol. The quantitative estimate of drug-likeness (QED) is 0.636. The van der Waals surface area contributed by atoms with Crippen molar-refractivity contribution >= 4 is 28.9 Å². The summed E-state index contributed by atoms with van der Waals surface area (Å²) in [5, 5.41) is 6.59. The van der Waals surface area contributed by atoms with Crippen LogP contribution in [-0.4, -0.2) is 36.6 Å². The molecule has 0 aliphatic carbocycles. The summed E-state index contributed by atoms with van der Waals surface area (Å²) in [5.41, 5.74) is 1.87. The third-order valence-corrected chi connectivity index (χ3v) is 2.72. The summed E-state index contributed by atoms with van der Waals surface area (Å²) in [5.74, 6) is 0.0869. The molecule has 1 aromatic carbocycles. The van der Waals surface area contributed by atoms with Gasteiger partial charge in [-0.05, 0) is 29.9 Å². The number of nitrogens with one attached hydrogen (secondary N) is 2. The molecular formula is C14H19N3OS. The molecule has 1 aromatic rings. The molecule has 0 heterocycles. The molecule has 0 aromatic heterocycles. The fourth-order valence-corrected chi connectivity index (χ4v) is 1.58. The molecule has 1 amide bonds. The number of rotatable bonds is 5. The van der Waals surface area contributed by atoms with Crippen LogP contribution in [0.5, 0.6) is 0 Å². The molecule has 0 saturated heterocycles. The van der Waals surface area contributed by atoms with Gasteiger partial charge < -0.3 is 15.5 Å². The van der Waals surface area contributed by atoms with Crippen LogP contribution in [0.25, 0.3) is 0 Å². The lowest BCUT2D eigenvalue weighted by Crippen LogP contribution is -2.28. The van der Waals surface area contributed by atoms with Crippen molar-refractivity contribution in [1.29, 1.82) is 0 Å². The van der Waals surface area contributed by atoms with E-state index < -0.39 is 0 Å². The number of hydrogen-bond donors (Lipinski definition) is 2. The van der Waals surface area contributed by atoms with Crippen molar-refractivity contribution in [3.8, 4) is 0 Å². The maximum Gasteiger partial charge on any atom is 0.226 e. The van der Waals surface area contributed by atoms with E-state index in [-0.39, 0.29) is 5.91 Å². The fraction of sp³-hybridized carbons (Fsp3) is 0.286. The lowest BCUT2D eigenvalue weighted by molar-refractivity contribution is -0.127. The van der Waals surface area contributed by atoms with Crippen LogP contribution in [0, 0.1) is 0 Å². The molecular weight excluding hydrogens is 258 g/mol. The Morgan fingerprint density at radius 3 is 2.53 bits per heavy atom. The maximum absolute atomic E-state index is 11.6. The van der Waals surface area contributed by atoms with E-state index in [1.165, 1.54) is 0 Å². The Labute approximate surface area is 119 Å². The van der Waals surface area contributed by atoms with Gasteiger partial charge in [0.15, 0.2) is 5.11 Å². The van der Waals surface area contributed by atoms with E-state index in [2.05, 4.69) is 17.2 Å². The number of hydrogen-bond acceptors (Lipinski definition) is 2. The predicted octanol–water partition coefficient (Wildman–Crippen LogP) is 1.79. The predicted molar refractivity (Wildman–Crippen MR) is 83.3 cm³/mol.